The van der Waals surface area contributed by atoms with Gasteiger partial charge in [0.1, 0.15) is 11.6 Å². The van der Waals surface area contributed by atoms with Crippen molar-refractivity contribution in [1.29, 1.82) is 0 Å². The topological polar surface area (TPSA) is 63.2 Å². The summed E-state index contributed by atoms with van der Waals surface area (Å²) in [5, 5.41) is 6.37. The van der Waals surface area contributed by atoms with E-state index in [0.717, 1.165) is 12.5 Å². The van der Waals surface area contributed by atoms with E-state index in [2.05, 4.69) is 15.6 Å². The van der Waals surface area contributed by atoms with Crippen LogP contribution in [0.1, 0.15) is 12.8 Å². The maximum atomic E-state index is 11.5. The van der Waals surface area contributed by atoms with Crippen LogP contribution in [0.3, 0.4) is 0 Å². The molecule has 0 spiro atoms. The first-order chi connectivity index (χ1) is 9.25. The average molecular weight is 357 g/mol. The fourth-order valence-corrected chi connectivity index (χ4v) is 1.77. The molecule has 0 unspecified atom stereocenters. The van der Waals surface area contributed by atoms with E-state index in [-0.39, 0.29) is 30.7 Å². The van der Waals surface area contributed by atoms with E-state index in [4.69, 9.17) is 16.3 Å². The maximum absolute atomic E-state index is 11.5. The maximum Gasteiger partial charge on any atom is 0.234 e. The van der Waals surface area contributed by atoms with E-state index in [9.17, 15) is 4.79 Å². The quantitative estimate of drug-likeness (QED) is 0.700. The Labute approximate surface area is 142 Å². The lowest BCUT2D eigenvalue weighted by Crippen LogP contribution is -2.36. The first-order valence-corrected chi connectivity index (χ1v) is 6.84. The van der Waals surface area contributed by atoms with Crippen LogP contribution in [0.4, 0.5) is 0 Å². The highest BCUT2D eigenvalue weighted by atomic mass is 35.5. The van der Waals surface area contributed by atoms with Gasteiger partial charge in [0.05, 0.1) is 13.1 Å². The Kier molecular flexibility index (Phi) is 10.5. The Morgan fingerprint density at radius 1 is 1.43 bits per heavy atom. The van der Waals surface area contributed by atoms with Gasteiger partial charge in [0.25, 0.3) is 0 Å². The van der Waals surface area contributed by atoms with Crippen LogP contribution in [0, 0.1) is 5.92 Å². The van der Waals surface area contributed by atoms with Crippen molar-refractivity contribution in [2.45, 2.75) is 12.8 Å². The van der Waals surface area contributed by atoms with Crippen LogP contribution < -0.4 is 15.4 Å². The molecule has 2 N–H and O–H groups in total. The summed E-state index contributed by atoms with van der Waals surface area (Å²) in [5.41, 5.74) is 0. The van der Waals surface area contributed by atoms with Crippen LogP contribution in [0.25, 0.3) is 0 Å². The molecule has 1 aliphatic rings. The molecule has 8 heteroatoms. The second-order valence-electron chi connectivity index (χ2n) is 4.56. The van der Waals surface area contributed by atoms with E-state index >= 15 is 0 Å². The average Bonchev–Trinajstić information content (AvgIpc) is 3.21. The van der Waals surface area contributed by atoms with E-state index in [1.54, 1.807) is 18.3 Å². The standard InChI is InChI=1S/C13H18ClN3O2.2ClH/c14-11-2-1-5-17-13(11)19-7-6-16-12(18)9-15-8-10-3-4-10;;/h1-2,5,10,15H,3-4,6-9H2,(H,16,18);2*1H. The molecule has 1 aromatic rings. The Morgan fingerprint density at radius 2 is 2.19 bits per heavy atom. The van der Waals surface area contributed by atoms with Gasteiger partial charge in [0.2, 0.25) is 11.8 Å². The molecule has 1 aromatic heterocycles. The van der Waals surface area contributed by atoms with Crippen molar-refractivity contribution in [3.8, 4) is 5.88 Å². The molecule has 1 fully saturated rings. The number of carbonyl (C=O) groups is 1. The molecule has 1 saturated carbocycles. The highest BCUT2D eigenvalue weighted by Crippen LogP contribution is 2.27. The third-order valence-corrected chi connectivity index (χ3v) is 3.09. The minimum atomic E-state index is -0.0173. The smallest absolute Gasteiger partial charge is 0.234 e. The Hall–Kier alpha value is -0.750. The molecule has 1 aliphatic carbocycles. The fraction of sp³-hybridized carbons (Fsp3) is 0.538. The van der Waals surface area contributed by atoms with Crippen LogP contribution in [0.2, 0.25) is 5.02 Å². The molecule has 0 aliphatic heterocycles. The summed E-state index contributed by atoms with van der Waals surface area (Å²) in [4.78, 5) is 15.4. The molecule has 0 bridgehead atoms. The van der Waals surface area contributed by atoms with E-state index < -0.39 is 0 Å². The van der Waals surface area contributed by atoms with Gasteiger partial charge >= 0.3 is 0 Å². The first-order valence-electron chi connectivity index (χ1n) is 6.46. The van der Waals surface area contributed by atoms with E-state index in [1.165, 1.54) is 12.8 Å². The third kappa shape index (κ3) is 8.31. The number of amides is 1. The van der Waals surface area contributed by atoms with Gasteiger partial charge in [-0.1, -0.05) is 11.6 Å². The molecule has 2 rings (SSSR count). The zero-order valence-electron chi connectivity index (χ0n) is 11.5. The van der Waals surface area contributed by atoms with Gasteiger partial charge in [0.15, 0.2) is 0 Å². The van der Waals surface area contributed by atoms with Crippen LogP contribution in [0.15, 0.2) is 18.3 Å². The summed E-state index contributed by atoms with van der Waals surface area (Å²) >= 11 is 5.88. The lowest BCUT2D eigenvalue weighted by atomic mass is 10.4. The summed E-state index contributed by atoms with van der Waals surface area (Å²) in [6, 6.07) is 3.45. The number of pyridine rings is 1. The number of aromatic nitrogens is 1. The molecule has 0 atom stereocenters. The van der Waals surface area contributed by atoms with Crippen molar-refractivity contribution in [2.24, 2.45) is 5.92 Å². The lowest BCUT2D eigenvalue weighted by Gasteiger charge is -2.08. The molecular formula is C13H20Cl3N3O2. The van der Waals surface area contributed by atoms with Gasteiger partial charge in [0, 0.05) is 6.20 Å². The molecule has 0 saturated heterocycles. The highest BCUT2D eigenvalue weighted by molar-refractivity contribution is 6.31. The Balaban J connectivity index is 0.00000200. The molecule has 1 heterocycles. The number of ether oxygens (including phenoxy) is 1. The Morgan fingerprint density at radius 3 is 2.86 bits per heavy atom. The second-order valence-corrected chi connectivity index (χ2v) is 4.97. The van der Waals surface area contributed by atoms with Crippen molar-refractivity contribution >= 4 is 42.3 Å². The second kappa shape index (κ2) is 10.9. The normalized spacial score (nSPS) is 12.8. The van der Waals surface area contributed by atoms with E-state index in [0.29, 0.717) is 30.6 Å². The zero-order chi connectivity index (χ0) is 13.5. The lowest BCUT2D eigenvalue weighted by molar-refractivity contribution is -0.120. The molecule has 120 valence electrons. The van der Waals surface area contributed by atoms with Crippen LogP contribution in [-0.2, 0) is 4.79 Å². The van der Waals surface area contributed by atoms with Crippen molar-refractivity contribution < 1.29 is 9.53 Å². The van der Waals surface area contributed by atoms with Crippen molar-refractivity contribution in [1.82, 2.24) is 15.6 Å². The summed E-state index contributed by atoms with van der Waals surface area (Å²) in [6.07, 6.45) is 4.18. The molecular weight excluding hydrogens is 337 g/mol. The number of halogens is 3. The molecule has 21 heavy (non-hydrogen) atoms. The molecule has 0 aromatic carbocycles. The monoisotopic (exact) mass is 355 g/mol. The van der Waals surface area contributed by atoms with Gasteiger partial charge in [-0.3, -0.25) is 4.79 Å². The molecule has 5 nitrogen and oxygen atoms in total. The number of hydrogen-bond donors (Lipinski definition) is 2. The fourth-order valence-electron chi connectivity index (χ4n) is 1.59. The van der Waals surface area contributed by atoms with Gasteiger partial charge in [-0.15, -0.1) is 24.8 Å². The van der Waals surface area contributed by atoms with Crippen molar-refractivity contribution in [3.63, 3.8) is 0 Å². The van der Waals surface area contributed by atoms with Crippen LogP contribution >= 0.6 is 36.4 Å². The van der Waals surface area contributed by atoms with Gasteiger partial charge in [-0.05, 0) is 37.4 Å². The predicted molar refractivity (Wildman–Crippen MR) is 87.8 cm³/mol. The molecule has 0 radical (unpaired) electrons. The Bertz CT molecular complexity index is 431. The number of hydrogen-bond acceptors (Lipinski definition) is 4. The van der Waals surface area contributed by atoms with Crippen LogP contribution in [-0.4, -0.2) is 37.1 Å². The van der Waals surface area contributed by atoms with E-state index in [1.807, 2.05) is 0 Å². The predicted octanol–water partition coefficient (Wildman–Crippen LogP) is 2.07. The highest BCUT2D eigenvalue weighted by Gasteiger charge is 2.20. The number of rotatable bonds is 8. The van der Waals surface area contributed by atoms with Crippen molar-refractivity contribution in [3.05, 3.63) is 23.4 Å². The summed E-state index contributed by atoms with van der Waals surface area (Å²) in [7, 11) is 0. The van der Waals surface area contributed by atoms with Crippen LogP contribution in [0.5, 0.6) is 5.88 Å². The largest absolute Gasteiger partial charge is 0.475 e. The summed E-state index contributed by atoms with van der Waals surface area (Å²) in [6.45, 7) is 2.09. The minimum absolute atomic E-state index is 0. The zero-order valence-corrected chi connectivity index (χ0v) is 13.9. The number of nitrogens with one attached hydrogen (secondary N) is 2. The molecule has 1 amide bonds. The van der Waals surface area contributed by atoms with Gasteiger partial charge < -0.3 is 15.4 Å². The first kappa shape index (κ1) is 20.2. The number of carbonyl (C=O) groups excluding carboxylic acids is 1. The van der Waals surface area contributed by atoms with Gasteiger partial charge in [-0.2, -0.15) is 0 Å². The van der Waals surface area contributed by atoms with Crippen molar-refractivity contribution in [2.75, 3.05) is 26.2 Å². The third-order valence-electron chi connectivity index (χ3n) is 2.80. The summed E-state index contributed by atoms with van der Waals surface area (Å²) < 4.78 is 5.36. The summed E-state index contributed by atoms with van der Waals surface area (Å²) in [5.74, 6) is 1.16. The number of nitrogens with zero attached hydrogens (tertiary/aromatic N) is 1. The van der Waals surface area contributed by atoms with Gasteiger partial charge in [-0.25, -0.2) is 4.98 Å². The minimum Gasteiger partial charge on any atom is -0.475 e. The SMILES string of the molecule is Cl.Cl.O=C(CNCC1CC1)NCCOc1ncccc1Cl.